The van der Waals surface area contributed by atoms with Gasteiger partial charge in [-0.3, -0.25) is 0 Å². The SMILES string of the molecule is CC(C)(C)OC(=O)N1Cc2sccc2C(N)C1. The molecule has 2 rings (SSSR count). The summed E-state index contributed by atoms with van der Waals surface area (Å²) in [5.74, 6) is 0. The molecule has 1 amide bonds. The van der Waals surface area contributed by atoms with E-state index in [-0.39, 0.29) is 12.1 Å². The smallest absolute Gasteiger partial charge is 0.410 e. The second-order valence-electron chi connectivity index (χ2n) is 5.27. The molecule has 94 valence electrons. The first-order valence-electron chi connectivity index (χ1n) is 5.66. The number of rotatable bonds is 0. The number of ether oxygens (including phenoxy) is 1. The Balaban J connectivity index is 2.09. The monoisotopic (exact) mass is 254 g/mol. The number of thiophene rings is 1. The van der Waals surface area contributed by atoms with Gasteiger partial charge in [-0.15, -0.1) is 11.3 Å². The lowest BCUT2D eigenvalue weighted by Crippen LogP contribution is -2.42. The van der Waals surface area contributed by atoms with Gasteiger partial charge in [0.15, 0.2) is 0 Å². The van der Waals surface area contributed by atoms with Crippen LogP contribution >= 0.6 is 11.3 Å². The molecule has 0 spiro atoms. The number of hydrogen-bond donors (Lipinski definition) is 1. The molecule has 1 aromatic rings. The summed E-state index contributed by atoms with van der Waals surface area (Å²) in [6.07, 6.45) is -0.285. The summed E-state index contributed by atoms with van der Waals surface area (Å²) in [6.45, 7) is 6.73. The molecule has 1 unspecified atom stereocenters. The maximum Gasteiger partial charge on any atom is 0.410 e. The van der Waals surface area contributed by atoms with Crippen LogP contribution in [0, 0.1) is 0 Å². The van der Waals surface area contributed by atoms with Crippen LogP contribution in [0.1, 0.15) is 37.3 Å². The van der Waals surface area contributed by atoms with E-state index in [0.29, 0.717) is 13.1 Å². The number of carbonyl (C=O) groups is 1. The van der Waals surface area contributed by atoms with Gasteiger partial charge in [0.2, 0.25) is 0 Å². The van der Waals surface area contributed by atoms with E-state index in [0.717, 1.165) is 10.4 Å². The molecule has 0 aliphatic carbocycles. The molecule has 5 heteroatoms. The van der Waals surface area contributed by atoms with Crippen molar-refractivity contribution in [1.29, 1.82) is 0 Å². The normalized spacial score (nSPS) is 20.0. The second-order valence-corrected chi connectivity index (χ2v) is 6.27. The first kappa shape index (κ1) is 12.4. The number of nitrogens with two attached hydrogens (primary N) is 1. The maximum absolute atomic E-state index is 11.9. The van der Waals surface area contributed by atoms with Crippen LogP contribution in [0.25, 0.3) is 0 Å². The lowest BCUT2D eigenvalue weighted by atomic mass is 10.0. The molecule has 4 nitrogen and oxygen atoms in total. The molecule has 2 heterocycles. The van der Waals surface area contributed by atoms with E-state index in [1.807, 2.05) is 32.2 Å². The zero-order valence-electron chi connectivity index (χ0n) is 10.4. The first-order chi connectivity index (χ1) is 7.87. The van der Waals surface area contributed by atoms with E-state index in [1.54, 1.807) is 16.2 Å². The van der Waals surface area contributed by atoms with Crippen molar-refractivity contribution in [2.45, 2.75) is 39.0 Å². The van der Waals surface area contributed by atoms with Crippen molar-refractivity contribution in [1.82, 2.24) is 4.90 Å². The zero-order valence-corrected chi connectivity index (χ0v) is 11.2. The van der Waals surface area contributed by atoms with Crippen LogP contribution in [0.3, 0.4) is 0 Å². The fourth-order valence-corrected chi connectivity index (χ4v) is 2.81. The highest BCUT2D eigenvalue weighted by Crippen LogP contribution is 2.29. The second kappa shape index (κ2) is 4.31. The van der Waals surface area contributed by atoms with Crippen molar-refractivity contribution in [3.05, 3.63) is 21.9 Å². The Morgan fingerprint density at radius 1 is 1.59 bits per heavy atom. The molecular weight excluding hydrogens is 236 g/mol. The highest BCUT2D eigenvalue weighted by Gasteiger charge is 2.29. The van der Waals surface area contributed by atoms with Gasteiger partial charge in [-0.05, 0) is 37.8 Å². The van der Waals surface area contributed by atoms with Gasteiger partial charge < -0.3 is 15.4 Å². The fraction of sp³-hybridized carbons (Fsp3) is 0.583. The van der Waals surface area contributed by atoms with Crippen LogP contribution in [0.2, 0.25) is 0 Å². The van der Waals surface area contributed by atoms with Gasteiger partial charge in [-0.1, -0.05) is 0 Å². The van der Waals surface area contributed by atoms with Gasteiger partial charge in [0, 0.05) is 17.5 Å². The molecule has 17 heavy (non-hydrogen) atoms. The fourth-order valence-electron chi connectivity index (χ4n) is 1.85. The molecular formula is C12H18N2O2S. The van der Waals surface area contributed by atoms with Crippen molar-refractivity contribution in [2.75, 3.05) is 6.54 Å². The van der Waals surface area contributed by atoms with Crippen molar-refractivity contribution in [2.24, 2.45) is 5.73 Å². The van der Waals surface area contributed by atoms with Crippen LogP contribution in [-0.2, 0) is 11.3 Å². The first-order valence-corrected chi connectivity index (χ1v) is 6.54. The standard InChI is InChI=1S/C12H18N2O2S/c1-12(2,3)16-11(15)14-6-9(13)8-4-5-17-10(8)7-14/h4-5,9H,6-7,13H2,1-3H3. The molecule has 0 saturated heterocycles. The van der Waals surface area contributed by atoms with E-state index in [4.69, 9.17) is 10.5 Å². The number of hydrogen-bond acceptors (Lipinski definition) is 4. The van der Waals surface area contributed by atoms with Crippen molar-refractivity contribution >= 4 is 17.4 Å². The number of amides is 1. The molecule has 0 fully saturated rings. The predicted octanol–water partition coefficient (Wildman–Crippen LogP) is 2.50. The topological polar surface area (TPSA) is 55.6 Å². The minimum absolute atomic E-state index is 0.0995. The van der Waals surface area contributed by atoms with Crippen LogP contribution in [0.5, 0.6) is 0 Å². The zero-order chi connectivity index (χ0) is 12.6. The third-order valence-electron chi connectivity index (χ3n) is 2.58. The average Bonchev–Trinajstić information content (AvgIpc) is 2.63. The number of carbonyl (C=O) groups excluding carboxylic acids is 1. The quantitative estimate of drug-likeness (QED) is 0.774. The van der Waals surface area contributed by atoms with Crippen LogP contribution in [0.4, 0.5) is 4.79 Å². The molecule has 0 saturated carbocycles. The summed E-state index contributed by atoms with van der Waals surface area (Å²) in [5.41, 5.74) is 6.74. The van der Waals surface area contributed by atoms with E-state index in [2.05, 4.69) is 0 Å². The Morgan fingerprint density at radius 2 is 2.29 bits per heavy atom. The van der Waals surface area contributed by atoms with Gasteiger partial charge in [-0.25, -0.2) is 4.79 Å². The lowest BCUT2D eigenvalue weighted by Gasteiger charge is -2.32. The highest BCUT2D eigenvalue weighted by molar-refractivity contribution is 7.10. The Labute approximate surface area is 105 Å². The summed E-state index contributed by atoms with van der Waals surface area (Å²) in [4.78, 5) is 14.8. The van der Waals surface area contributed by atoms with E-state index in [9.17, 15) is 4.79 Å². The maximum atomic E-state index is 11.9. The number of fused-ring (bicyclic) bond motifs is 1. The van der Waals surface area contributed by atoms with Gasteiger partial charge >= 0.3 is 6.09 Å². The van der Waals surface area contributed by atoms with E-state index in [1.165, 1.54) is 0 Å². The van der Waals surface area contributed by atoms with Crippen molar-refractivity contribution in [3.63, 3.8) is 0 Å². The summed E-state index contributed by atoms with van der Waals surface area (Å²) in [7, 11) is 0. The summed E-state index contributed by atoms with van der Waals surface area (Å²) in [5, 5.41) is 2.02. The molecule has 1 atom stereocenters. The summed E-state index contributed by atoms with van der Waals surface area (Å²) in [6, 6.07) is 1.94. The van der Waals surface area contributed by atoms with Crippen LogP contribution < -0.4 is 5.73 Å². The van der Waals surface area contributed by atoms with Crippen molar-refractivity contribution in [3.8, 4) is 0 Å². The van der Waals surface area contributed by atoms with E-state index >= 15 is 0 Å². The minimum Gasteiger partial charge on any atom is -0.444 e. The molecule has 0 radical (unpaired) electrons. The Hall–Kier alpha value is -1.07. The highest BCUT2D eigenvalue weighted by atomic mass is 32.1. The Morgan fingerprint density at radius 3 is 2.94 bits per heavy atom. The van der Waals surface area contributed by atoms with Crippen molar-refractivity contribution < 1.29 is 9.53 Å². The summed E-state index contributed by atoms with van der Waals surface area (Å²) >= 11 is 1.64. The third kappa shape index (κ3) is 2.79. The molecule has 0 aromatic carbocycles. The largest absolute Gasteiger partial charge is 0.444 e. The average molecular weight is 254 g/mol. The Bertz CT molecular complexity index is 422. The summed E-state index contributed by atoms with van der Waals surface area (Å²) < 4.78 is 5.35. The van der Waals surface area contributed by atoms with Gasteiger partial charge in [0.1, 0.15) is 5.60 Å². The minimum atomic E-state index is -0.461. The number of nitrogens with zero attached hydrogens (tertiary/aromatic N) is 1. The van der Waals surface area contributed by atoms with Crippen LogP contribution in [-0.4, -0.2) is 23.1 Å². The lowest BCUT2D eigenvalue weighted by molar-refractivity contribution is 0.0209. The van der Waals surface area contributed by atoms with Gasteiger partial charge in [0.25, 0.3) is 0 Å². The molecule has 2 N–H and O–H groups in total. The molecule has 1 aromatic heterocycles. The molecule has 1 aliphatic heterocycles. The third-order valence-corrected chi connectivity index (χ3v) is 3.50. The predicted molar refractivity (Wildman–Crippen MR) is 67.9 cm³/mol. The molecule has 0 bridgehead atoms. The van der Waals surface area contributed by atoms with Crippen LogP contribution in [0.15, 0.2) is 11.4 Å². The van der Waals surface area contributed by atoms with E-state index < -0.39 is 5.60 Å². The van der Waals surface area contributed by atoms with Gasteiger partial charge in [0.05, 0.1) is 6.54 Å². The van der Waals surface area contributed by atoms with Gasteiger partial charge in [-0.2, -0.15) is 0 Å². The molecule has 1 aliphatic rings. The Kier molecular flexibility index (Phi) is 3.14.